The van der Waals surface area contributed by atoms with Crippen molar-refractivity contribution in [1.82, 2.24) is 4.90 Å². The van der Waals surface area contributed by atoms with Gasteiger partial charge in [0.05, 0.1) is 29.9 Å². The largest absolute Gasteiger partial charge is 0.493 e. The first-order valence-electron chi connectivity index (χ1n) is 9.04. The van der Waals surface area contributed by atoms with E-state index in [0.29, 0.717) is 54.4 Å². The summed E-state index contributed by atoms with van der Waals surface area (Å²) in [4.78, 5) is 25.9. The molecular weight excluding hydrogens is 360 g/mol. The lowest BCUT2D eigenvalue weighted by molar-refractivity contribution is 0.0646. The van der Waals surface area contributed by atoms with E-state index in [-0.39, 0.29) is 24.5 Å². The molecule has 0 aromatic heterocycles. The maximum Gasteiger partial charge on any atom is 0.261 e. The Labute approximate surface area is 162 Å². The van der Waals surface area contributed by atoms with Crippen molar-refractivity contribution in [1.29, 1.82) is 5.26 Å². The fourth-order valence-electron chi connectivity index (χ4n) is 3.01. The van der Waals surface area contributed by atoms with Gasteiger partial charge in [0.1, 0.15) is 30.3 Å². The summed E-state index contributed by atoms with van der Waals surface area (Å²) in [5.74, 6) is 0.493. The molecule has 2 amide bonds. The topological polar surface area (TPSA) is 92.2 Å². The molecule has 1 fully saturated rings. The molecule has 0 bridgehead atoms. The third-order valence-electron chi connectivity index (χ3n) is 4.57. The lowest BCUT2D eigenvalue weighted by Crippen LogP contribution is -2.31. The molecule has 0 spiro atoms. The summed E-state index contributed by atoms with van der Waals surface area (Å²) in [6, 6.07) is 13.9. The van der Waals surface area contributed by atoms with Crippen LogP contribution in [0.5, 0.6) is 11.5 Å². The number of ether oxygens (including phenoxy) is 3. The van der Waals surface area contributed by atoms with Crippen LogP contribution in [0.1, 0.15) is 32.7 Å². The van der Waals surface area contributed by atoms with Crippen LogP contribution in [-0.4, -0.2) is 49.2 Å². The number of epoxide rings is 1. The van der Waals surface area contributed by atoms with Crippen molar-refractivity contribution in [2.24, 2.45) is 0 Å². The fourth-order valence-corrected chi connectivity index (χ4v) is 3.01. The van der Waals surface area contributed by atoms with Crippen LogP contribution in [0.2, 0.25) is 0 Å². The van der Waals surface area contributed by atoms with Crippen molar-refractivity contribution in [3.63, 3.8) is 0 Å². The highest BCUT2D eigenvalue weighted by atomic mass is 16.6. The normalized spacial score (nSPS) is 17.2. The molecule has 142 valence electrons. The van der Waals surface area contributed by atoms with Gasteiger partial charge < -0.3 is 14.2 Å². The van der Waals surface area contributed by atoms with Gasteiger partial charge in [0, 0.05) is 12.6 Å². The first-order valence-corrected chi connectivity index (χ1v) is 9.04. The lowest BCUT2D eigenvalue weighted by atomic mass is 10.1. The summed E-state index contributed by atoms with van der Waals surface area (Å²) in [5.41, 5.74) is 1.28. The van der Waals surface area contributed by atoms with Crippen LogP contribution < -0.4 is 9.47 Å². The number of rotatable bonds is 8. The van der Waals surface area contributed by atoms with Crippen molar-refractivity contribution >= 4 is 11.8 Å². The van der Waals surface area contributed by atoms with E-state index >= 15 is 0 Å². The fraction of sp³-hybridized carbons (Fsp3) is 0.286. The van der Waals surface area contributed by atoms with Crippen LogP contribution in [0.4, 0.5) is 0 Å². The zero-order chi connectivity index (χ0) is 19.5. The Kier molecular flexibility index (Phi) is 4.96. The van der Waals surface area contributed by atoms with Crippen molar-refractivity contribution in [2.75, 3.05) is 26.4 Å². The van der Waals surface area contributed by atoms with E-state index in [1.807, 2.05) is 0 Å². The number of nitrogens with zero attached hydrogens (tertiary/aromatic N) is 2. The molecule has 7 heteroatoms. The minimum absolute atomic E-state index is 0.115. The number of fused-ring (bicyclic) bond motifs is 1. The Morgan fingerprint density at radius 2 is 1.82 bits per heavy atom. The van der Waals surface area contributed by atoms with Crippen molar-refractivity contribution in [3.05, 3.63) is 59.2 Å². The zero-order valence-corrected chi connectivity index (χ0v) is 15.1. The van der Waals surface area contributed by atoms with Gasteiger partial charge in [0.25, 0.3) is 11.8 Å². The number of hydrogen-bond donors (Lipinski definition) is 0. The highest BCUT2D eigenvalue weighted by molar-refractivity contribution is 6.21. The molecule has 2 heterocycles. The van der Waals surface area contributed by atoms with Crippen LogP contribution in [0, 0.1) is 11.3 Å². The summed E-state index contributed by atoms with van der Waals surface area (Å²) in [7, 11) is 0. The van der Waals surface area contributed by atoms with Crippen LogP contribution >= 0.6 is 0 Å². The van der Waals surface area contributed by atoms with E-state index in [9.17, 15) is 14.9 Å². The molecule has 0 radical (unpaired) electrons. The average molecular weight is 378 g/mol. The summed E-state index contributed by atoms with van der Waals surface area (Å²) in [6.45, 7) is 1.71. The van der Waals surface area contributed by atoms with Gasteiger partial charge in [0.15, 0.2) is 0 Å². The van der Waals surface area contributed by atoms with Gasteiger partial charge in [-0.1, -0.05) is 12.1 Å². The highest BCUT2D eigenvalue weighted by Crippen LogP contribution is 2.25. The molecule has 0 N–H and O–H groups in total. The molecule has 0 saturated carbocycles. The second-order valence-corrected chi connectivity index (χ2v) is 6.55. The van der Waals surface area contributed by atoms with Gasteiger partial charge in [0.2, 0.25) is 0 Å². The molecule has 28 heavy (non-hydrogen) atoms. The summed E-state index contributed by atoms with van der Waals surface area (Å²) in [5, 5.41) is 9.28. The number of nitriles is 1. The summed E-state index contributed by atoms with van der Waals surface area (Å²) in [6.07, 6.45) is 0.606. The molecule has 0 aliphatic carbocycles. The molecule has 7 nitrogen and oxygen atoms in total. The molecule has 1 unspecified atom stereocenters. The standard InChI is InChI=1S/C21H18N2O5/c22-11-14-10-15(6-7-19(14)28-13-16-12-27-16)26-9-3-8-23-20(24)17-4-1-2-5-18(17)21(23)25/h1-2,4-7,10,16H,3,8-9,12-13H2. The number of amides is 2. The SMILES string of the molecule is N#Cc1cc(OCCCN2C(=O)c3ccccc3C2=O)ccc1OCC1CO1. The number of imide groups is 1. The quantitative estimate of drug-likeness (QED) is 0.398. The van der Waals surface area contributed by atoms with Crippen molar-refractivity contribution < 1.29 is 23.8 Å². The number of carbonyl (C=O) groups is 2. The van der Waals surface area contributed by atoms with Gasteiger partial charge >= 0.3 is 0 Å². The van der Waals surface area contributed by atoms with E-state index in [4.69, 9.17) is 14.2 Å². The Morgan fingerprint density at radius 1 is 1.11 bits per heavy atom. The zero-order valence-electron chi connectivity index (χ0n) is 15.1. The Hall–Kier alpha value is -3.37. The van der Waals surface area contributed by atoms with E-state index in [0.717, 1.165) is 0 Å². The van der Waals surface area contributed by atoms with Crippen LogP contribution in [0.25, 0.3) is 0 Å². The first-order chi connectivity index (χ1) is 13.7. The number of carbonyl (C=O) groups excluding carboxylic acids is 2. The molecule has 2 aromatic rings. The molecule has 4 rings (SSSR count). The molecular formula is C21H18N2O5. The molecule has 1 saturated heterocycles. The minimum atomic E-state index is -0.270. The van der Waals surface area contributed by atoms with E-state index in [1.54, 1.807) is 42.5 Å². The predicted octanol–water partition coefficient (Wildman–Crippen LogP) is 2.40. The lowest BCUT2D eigenvalue weighted by Gasteiger charge is -2.14. The third-order valence-corrected chi connectivity index (χ3v) is 4.57. The van der Waals surface area contributed by atoms with Gasteiger partial charge in [-0.15, -0.1) is 0 Å². The third kappa shape index (κ3) is 3.68. The van der Waals surface area contributed by atoms with Crippen LogP contribution in [0.3, 0.4) is 0 Å². The van der Waals surface area contributed by atoms with Gasteiger partial charge in [-0.05, 0) is 30.7 Å². The van der Waals surface area contributed by atoms with Gasteiger partial charge in [-0.2, -0.15) is 5.26 Å². The average Bonchev–Trinajstić information content (AvgIpc) is 3.52. The maximum absolute atomic E-state index is 12.3. The van der Waals surface area contributed by atoms with E-state index in [1.165, 1.54) is 4.90 Å². The van der Waals surface area contributed by atoms with Crippen LogP contribution in [-0.2, 0) is 4.74 Å². The first kappa shape index (κ1) is 18.0. The van der Waals surface area contributed by atoms with Gasteiger partial charge in [-0.3, -0.25) is 14.5 Å². The number of hydrogen-bond acceptors (Lipinski definition) is 6. The summed E-state index contributed by atoms with van der Waals surface area (Å²) < 4.78 is 16.3. The molecule has 2 aliphatic heterocycles. The number of benzene rings is 2. The van der Waals surface area contributed by atoms with Crippen molar-refractivity contribution in [3.8, 4) is 17.6 Å². The van der Waals surface area contributed by atoms with E-state index in [2.05, 4.69) is 6.07 Å². The van der Waals surface area contributed by atoms with Gasteiger partial charge in [-0.25, -0.2) is 0 Å². The highest BCUT2D eigenvalue weighted by Gasteiger charge is 2.34. The Bertz CT molecular complexity index is 927. The molecule has 1 atom stereocenters. The maximum atomic E-state index is 12.3. The van der Waals surface area contributed by atoms with E-state index < -0.39 is 0 Å². The minimum Gasteiger partial charge on any atom is -0.493 e. The monoisotopic (exact) mass is 378 g/mol. The molecule has 2 aliphatic rings. The second-order valence-electron chi connectivity index (χ2n) is 6.55. The van der Waals surface area contributed by atoms with Crippen molar-refractivity contribution in [2.45, 2.75) is 12.5 Å². The summed E-state index contributed by atoms with van der Waals surface area (Å²) >= 11 is 0. The predicted molar refractivity (Wildman–Crippen MR) is 98.3 cm³/mol. The Morgan fingerprint density at radius 3 is 2.46 bits per heavy atom. The second kappa shape index (κ2) is 7.71. The van der Waals surface area contributed by atoms with Crippen LogP contribution in [0.15, 0.2) is 42.5 Å². The molecule has 2 aromatic carbocycles. The Balaban J connectivity index is 1.29. The smallest absolute Gasteiger partial charge is 0.261 e.